The summed E-state index contributed by atoms with van der Waals surface area (Å²) in [5.41, 5.74) is 11.3. The molecule has 9 rings (SSSR count). The Balaban J connectivity index is 0.000000183. The number of aromatic nitrogens is 2. The first-order valence-electron chi connectivity index (χ1n) is 19.1. The Hall–Kier alpha value is -5.15. The van der Waals surface area contributed by atoms with Gasteiger partial charge in [0.2, 0.25) is 0 Å². The van der Waals surface area contributed by atoms with Crippen molar-refractivity contribution in [3.05, 3.63) is 180 Å². The summed E-state index contributed by atoms with van der Waals surface area (Å²) in [5.74, 6) is -0.798. The molecule has 0 spiro atoms. The molecule has 1 aliphatic carbocycles. The van der Waals surface area contributed by atoms with Crippen LogP contribution in [-0.4, -0.2) is 9.97 Å². The van der Waals surface area contributed by atoms with Crippen LogP contribution in [0, 0.1) is 19.0 Å². The third-order valence-corrected chi connectivity index (χ3v) is 9.55. The molecule has 0 aliphatic heterocycles. The minimum Gasteiger partial charge on any atom is -0.500 e. The van der Waals surface area contributed by atoms with Crippen LogP contribution in [0.4, 0.5) is 0 Å². The Labute approximate surface area is 319 Å². The van der Waals surface area contributed by atoms with Gasteiger partial charge in [0.05, 0.1) is 5.58 Å². The van der Waals surface area contributed by atoms with Crippen molar-refractivity contribution in [1.29, 1.82) is 0 Å². The van der Waals surface area contributed by atoms with E-state index in [0.717, 1.165) is 62.9 Å². The number of nitrogens with zero attached hydrogens (tertiary/aromatic N) is 2. The summed E-state index contributed by atoms with van der Waals surface area (Å²) < 4.78 is 39.2. The number of benzene rings is 5. The molecule has 253 valence electrons. The van der Waals surface area contributed by atoms with Gasteiger partial charge in [-0.2, -0.15) is 0 Å². The largest absolute Gasteiger partial charge is 0.500 e. The smallest absolute Gasteiger partial charge is 0.121 e. The van der Waals surface area contributed by atoms with Crippen LogP contribution in [0.15, 0.2) is 144 Å². The summed E-state index contributed by atoms with van der Waals surface area (Å²) >= 11 is 0. The van der Waals surface area contributed by atoms with E-state index in [1.54, 1.807) is 18.5 Å². The third kappa shape index (κ3) is 7.21. The van der Waals surface area contributed by atoms with Crippen LogP contribution >= 0.6 is 0 Å². The van der Waals surface area contributed by atoms with Gasteiger partial charge < -0.3 is 14.4 Å². The van der Waals surface area contributed by atoms with Crippen molar-refractivity contribution in [2.45, 2.75) is 45.4 Å². The van der Waals surface area contributed by atoms with Gasteiger partial charge in [0.25, 0.3) is 0 Å². The topological polar surface area (TPSA) is 38.9 Å². The van der Waals surface area contributed by atoms with Crippen molar-refractivity contribution >= 4 is 21.9 Å². The minimum absolute atomic E-state index is 0. The monoisotopic (exact) mass is 843 g/mol. The van der Waals surface area contributed by atoms with E-state index in [4.69, 9.17) is 9.90 Å². The predicted octanol–water partition coefficient (Wildman–Crippen LogP) is 12.0. The zero-order chi connectivity index (χ0) is 37.3. The van der Waals surface area contributed by atoms with Gasteiger partial charge in [-0.05, 0) is 89.4 Å². The van der Waals surface area contributed by atoms with E-state index in [-0.39, 0.29) is 20.1 Å². The number of pyridine rings is 2. The summed E-state index contributed by atoms with van der Waals surface area (Å²) in [6.07, 6.45) is 8.01. The molecule has 0 bridgehead atoms. The molecule has 3 heterocycles. The van der Waals surface area contributed by atoms with Gasteiger partial charge in [0, 0.05) is 54.8 Å². The molecule has 1 aliphatic rings. The van der Waals surface area contributed by atoms with E-state index >= 15 is 0 Å². The van der Waals surface area contributed by atoms with Gasteiger partial charge in [0.1, 0.15) is 5.58 Å². The van der Waals surface area contributed by atoms with E-state index in [9.17, 15) is 0 Å². The fourth-order valence-corrected chi connectivity index (χ4v) is 6.88. The van der Waals surface area contributed by atoms with Crippen LogP contribution in [0.1, 0.15) is 59.0 Å². The Bertz CT molecular complexity index is 2570. The number of fused-ring (bicyclic) bond motifs is 5. The van der Waals surface area contributed by atoms with Crippen LogP contribution in [0.2, 0.25) is 0 Å². The second-order valence-corrected chi connectivity index (χ2v) is 12.7. The van der Waals surface area contributed by atoms with Crippen molar-refractivity contribution in [3.8, 4) is 33.6 Å². The molecule has 0 N–H and O–H groups in total. The van der Waals surface area contributed by atoms with E-state index < -0.39 is 12.7 Å². The maximum absolute atomic E-state index is 8.73. The Morgan fingerprint density at radius 1 is 0.745 bits per heavy atom. The van der Waals surface area contributed by atoms with Gasteiger partial charge in [-0.1, -0.05) is 91.2 Å². The van der Waals surface area contributed by atoms with Crippen molar-refractivity contribution in [2.24, 2.45) is 0 Å². The van der Waals surface area contributed by atoms with Crippen molar-refractivity contribution < 1.29 is 30.0 Å². The molecular formula is C47H38IrN2O-2. The molecule has 1 unspecified atom stereocenters. The standard InChI is InChI=1S/C28H22NO.C19H16N.Ir/c1-18-15-25(29-17-24(18)19-7-3-2-4-8-19)21-12-13-26-23(16-21)28-22-10-6-5-9-20(22)11-14-27(28)30-26;1-15(16-8-4-2-5-9-16)18-12-13-20-19(14-18)17-10-6-3-7-11-17;/h2-4,7-8,11,13-17H,5-6,9-10H2,1H3;2-10,12-15H,1H3;/q2*-1;/i1D3;15D;. The van der Waals surface area contributed by atoms with Crippen molar-refractivity contribution in [3.63, 3.8) is 0 Å². The van der Waals surface area contributed by atoms with Gasteiger partial charge in [-0.25, -0.2) is 0 Å². The fraction of sp³-hybridized carbons (Fsp3) is 0.149. The maximum atomic E-state index is 8.73. The molecule has 0 amide bonds. The average molecular weight is 843 g/mol. The quantitative estimate of drug-likeness (QED) is 0.162. The summed E-state index contributed by atoms with van der Waals surface area (Å²) in [4.78, 5) is 9.05. The number of furan rings is 1. The molecule has 8 aromatic rings. The molecule has 0 saturated heterocycles. The summed E-state index contributed by atoms with van der Waals surface area (Å²) in [5, 5.41) is 2.22. The van der Waals surface area contributed by atoms with Gasteiger partial charge in [-0.15, -0.1) is 59.7 Å². The van der Waals surface area contributed by atoms with Gasteiger partial charge in [-0.3, -0.25) is 0 Å². The SMILES string of the molecule is [2H]C(C)(c1ccccc1)c1ccnc(-c2[c-]cccc2)c1.[2H]C([2H])([2H])c1cc(-c2[c-]cc3oc4ccc5c(c4c3c2)CCCC5)ncc1-c1ccccc1.[Ir]. The molecule has 1 atom stereocenters. The number of hydrogen-bond acceptors (Lipinski definition) is 3. The Morgan fingerprint density at radius 3 is 2.33 bits per heavy atom. The van der Waals surface area contributed by atoms with Crippen molar-refractivity contribution in [2.75, 3.05) is 0 Å². The predicted molar refractivity (Wildman–Crippen MR) is 205 cm³/mol. The normalized spacial score (nSPS) is 14.8. The molecule has 0 fully saturated rings. The van der Waals surface area contributed by atoms with E-state index in [0.29, 0.717) is 16.8 Å². The molecule has 3 aromatic heterocycles. The number of hydrogen-bond donors (Lipinski definition) is 0. The molecule has 0 saturated carbocycles. The summed E-state index contributed by atoms with van der Waals surface area (Å²) in [6, 6.07) is 47.3. The van der Waals surface area contributed by atoms with Crippen molar-refractivity contribution in [1.82, 2.24) is 9.97 Å². The van der Waals surface area contributed by atoms with Crippen LogP contribution in [-0.2, 0) is 32.9 Å². The second kappa shape index (κ2) is 15.4. The third-order valence-electron chi connectivity index (χ3n) is 9.55. The summed E-state index contributed by atoms with van der Waals surface area (Å²) in [6.45, 7) is -0.343. The van der Waals surface area contributed by atoms with Crippen LogP contribution in [0.5, 0.6) is 0 Å². The number of aryl methyl sites for hydroxylation is 3. The second-order valence-electron chi connectivity index (χ2n) is 12.7. The molecule has 3 nitrogen and oxygen atoms in total. The first-order valence-corrected chi connectivity index (χ1v) is 17.1. The van der Waals surface area contributed by atoms with Crippen LogP contribution in [0.25, 0.3) is 55.6 Å². The first-order chi connectivity index (χ1) is 26.2. The fourth-order valence-electron chi connectivity index (χ4n) is 6.88. The molecule has 5 aromatic carbocycles. The molecule has 4 heteroatoms. The van der Waals surface area contributed by atoms with E-state index in [1.807, 2.05) is 116 Å². The molecule has 1 radical (unpaired) electrons. The molecule has 51 heavy (non-hydrogen) atoms. The van der Waals surface area contributed by atoms with E-state index in [1.165, 1.54) is 29.4 Å². The minimum atomic E-state index is -2.26. The Kier molecular flexibility index (Phi) is 8.92. The van der Waals surface area contributed by atoms with Crippen LogP contribution < -0.4 is 0 Å². The molecular weight excluding hydrogens is 801 g/mol. The maximum Gasteiger partial charge on any atom is 0.121 e. The van der Waals surface area contributed by atoms with Crippen LogP contribution in [0.3, 0.4) is 0 Å². The van der Waals surface area contributed by atoms with Gasteiger partial charge >= 0.3 is 0 Å². The summed E-state index contributed by atoms with van der Waals surface area (Å²) in [7, 11) is 0. The zero-order valence-corrected chi connectivity index (χ0v) is 30.6. The first kappa shape index (κ1) is 29.6. The Morgan fingerprint density at radius 2 is 1.53 bits per heavy atom. The van der Waals surface area contributed by atoms with Gasteiger partial charge in [0.15, 0.2) is 0 Å². The van der Waals surface area contributed by atoms with E-state index in [2.05, 4.69) is 34.2 Å². The average Bonchev–Trinajstić information content (AvgIpc) is 3.60. The number of rotatable bonds is 5. The zero-order valence-electron chi connectivity index (χ0n) is 32.2.